The highest BCUT2D eigenvalue weighted by Gasteiger charge is 2.40. The number of nitrogens with zero attached hydrogens (tertiary/aromatic N) is 2. The van der Waals surface area contributed by atoms with Gasteiger partial charge in [0, 0.05) is 44.2 Å². The number of carbonyl (C=O) groups is 1. The number of pyridine rings is 1. The van der Waals surface area contributed by atoms with Crippen LogP contribution >= 0.6 is 0 Å². The third kappa shape index (κ3) is 3.95. The second-order valence-corrected chi connectivity index (χ2v) is 6.99. The maximum absolute atomic E-state index is 12.4. The normalized spacial score (nSPS) is 18.2. The van der Waals surface area contributed by atoms with Crippen molar-refractivity contribution in [3.63, 3.8) is 0 Å². The molecule has 148 valence electrons. The van der Waals surface area contributed by atoms with Crippen molar-refractivity contribution in [2.24, 2.45) is 0 Å². The molecule has 0 aliphatic carbocycles. The van der Waals surface area contributed by atoms with Crippen molar-refractivity contribution >= 4 is 11.7 Å². The van der Waals surface area contributed by atoms with Crippen LogP contribution in [-0.2, 0) is 16.0 Å². The first-order valence-corrected chi connectivity index (χ1v) is 9.58. The average Bonchev–Trinajstić information content (AvgIpc) is 3.21. The SMILES string of the molecule is COc1ccccc1CNC(=O)c1ccc(N2CCC3(CC2)OCCO3)nc1. The van der Waals surface area contributed by atoms with Gasteiger partial charge in [-0.25, -0.2) is 4.98 Å². The number of nitrogens with one attached hydrogen (secondary N) is 1. The highest BCUT2D eigenvalue weighted by atomic mass is 16.7. The van der Waals surface area contributed by atoms with E-state index >= 15 is 0 Å². The number of rotatable bonds is 5. The van der Waals surface area contributed by atoms with E-state index in [0.717, 1.165) is 43.1 Å². The maximum Gasteiger partial charge on any atom is 0.253 e. The Kier molecular flexibility index (Phi) is 5.45. The van der Waals surface area contributed by atoms with Gasteiger partial charge in [-0.1, -0.05) is 18.2 Å². The lowest BCUT2D eigenvalue weighted by molar-refractivity contribution is -0.169. The van der Waals surface area contributed by atoms with Crippen LogP contribution in [0.3, 0.4) is 0 Å². The number of piperidine rings is 1. The Hall–Kier alpha value is -2.64. The largest absolute Gasteiger partial charge is 0.496 e. The molecule has 2 fully saturated rings. The summed E-state index contributed by atoms with van der Waals surface area (Å²) in [5, 5.41) is 2.92. The Labute approximate surface area is 164 Å². The van der Waals surface area contributed by atoms with Gasteiger partial charge in [0.1, 0.15) is 11.6 Å². The number of methoxy groups -OCH3 is 1. The molecule has 2 aromatic rings. The van der Waals surface area contributed by atoms with E-state index in [9.17, 15) is 4.79 Å². The summed E-state index contributed by atoms with van der Waals surface area (Å²) in [6.07, 6.45) is 3.28. The van der Waals surface area contributed by atoms with E-state index in [1.807, 2.05) is 36.4 Å². The zero-order valence-electron chi connectivity index (χ0n) is 16.0. The summed E-state index contributed by atoms with van der Waals surface area (Å²) in [6, 6.07) is 11.3. The number of aromatic nitrogens is 1. The van der Waals surface area contributed by atoms with E-state index in [1.54, 1.807) is 13.3 Å². The predicted molar refractivity (Wildman–Crippen MR) is 104 cm³/mol. The van der Waals surface area contributed by atoms with E-state index in [2.05, 4.69) is 15.2 Å². The topological polar surface area (TPSA) is 72.9 Å². The third-order valence-corrected chi connectivity index (χ3v) is 5.30. The first-order valence-electron chi connectivity index (χ1n) is 9.58. The molecule has 2 aliphatic heterocycles. The van der Waals surface area contributed by atoms with Crippen molar-refractivity contribution in [2.45, 2.75) is 25.2 Å². The van der Waals surface area contributed by atoms with Crippen molar-refractivity contribution in [1.82, 2.24) is 10.3 Å². The van der Waals surface area contributed by atoms with Gasteiger partial charge in [-0.15, -0.1) is 0 Å². The second kappa shape index (κ2) is 8.16. The van der Waals surface area contributed by atoms with Crippen molar-refractivity contribution in [2.75, 3.05) is 38.3 Å². The molecule has 0 atom stereocenters. The van der Waals surface area contributed by atoms with E-state index in [4.69, 9.17) is 14.2 Å². The monoisotopic (exact) mass is 383 g/mol. The minimum absolute atomic E-state index is 0.157. The molecule has 0 radical (unpaired) electrons. The van der Waals surface area contributed by atoms with Crippen LogP contribution in [0.4, 0.5) is 5.82 Å². The summed E-state index contributed by atoms with van der Waals surface area (Å²) >= 11 is 0. The molecule has 3 heterocycles. The van der Waals surface area contributed by atoms with Gasteiger partial charge >= 0.3 is 0 Å². The minimum atomic E-state index is -0.394. The first kappa shape index (κ1) is 18.7. The molecule has 0 bridgehead atoms. The van der Waals surface area contributed by atoms with E-state index in [1.165, 1.54) is 0 Å². The van der Waals surface area contributed by atoms with Crippen LogP contribution in [0.25, 0.3) is 0 Å². The summed E-state index contributed by atoms with van der Waals surface area (Å²) in [6.45, 7) is 3.41. The summed E-state index contributed by atoms with van der Waals surface area (Å²) in [4.78, 5) is 19.1. The molecular formula is C21H25N3O4. The van der Waals surface area contributed by atoms with Gasteiger partial charge in [0.15, 0.2) is 5.79 Å². The molecule has 4 rings (SSSR count). The van der Waals surface area contributed by atoms with Crippen LogP contribution in [0.1, 0.15) is 28.8 Å². The van der Waals surface area contributed by atoms with E-state index in [-0.39, 0.29) is 5.91 Å². The predicted octanol–water partition coefficient (Wildman–Crippen LogP) is 2.36. The number of para-hydroxylation sites is 1. The van der Waals surface area contributed by atoms with Crippen LogP contribution in [0.5, 0.6) is 5.75 Å². The molecule has 0 unspecified atom stereocenters. The molecule has 28 heavy (non-hydrogen) atoms. The van der Waals surface area contributed by atoms with Gasteiger partial charge in [0.2, 0.25) is 0 Å². The van der Waals surface area contributed by atoms with Gasteiger partial charge in [-0.05, 0) is 18.2 Å². The van der Waals surface area contributed by atoms with Gasteiger partial charge in [-0.2, -0.15) is 0 Å². The lowest BCUT2D eigenvalue weighted by Crippen LogP contribution is -2.45. The number of ether oxygens (including phenoxy) is 3. The van der Waals surface area contributed by atoms with Crippen molar-refractivity contribution in [1.29, 1.82) is 0 Å². The Morgan fingerprint density at radius 1 is 1.18 bits per heavy atom. The Bertz CT molecular complexity index is 809. The quantitative estimate of drug-likeness (QED) is 0.855. The second-order valence-electron chi connectivity index (χ2n) is 6.99. The van der Waals surface area contributed by atoms with Gasteiger partial charge in [0.05, 0.1) is 25.9 Å². The fourth-order valence-electron chi connectivity index (χ4n) is 3.70. The van der Waals surface area contributed by atoms with Crippen LogP contribution in [-0.4, -0.2) is 50.1 Å². The Morgan fingerprint density at radius 3 is 2.61 bits per heavy atom. The number of hydrogen-bond acceptors (Lipinski definition) is 6. The van der Waals surface area contributed by atoms with Crippen LogP contribution in [0.2, 0.25) is 0 Å². The third-order valence-electron chi connectivity index (χ3n) is 5.30. The number of amides is 1. The zero-order valence-corrected chi connectivity index (χ0v) is 16.0. The molecule has 1 spiro atoms. The molecule has 1 amide bonds. The minimum Gasteiger partial charge on any atom is -0.496 e. The standard InChI is InChI=1S/C21H25N3O4/c1-26-18-5-3-2-4-16(18)14-23-20(25)17-6-7-19(22-15-17)24-10-8-21(9-11-24)27-12-13-28-21/h2-7,15H,8-14H2,1H3,(H,23,25). The smallest absolute Gasteiger partial charge is 0.253 e. The highest BCUT2D eigenvalue weighted by Crippen LogP contribution is 2.32. The van der Waals surface area contributed by atoms with Gasteiger partial charge in [0.25, 0.3) is 5.91 Å². The summed E-state index contributed by atoms with van der Waals surface area (Å²) in [5.74, 6) is 1.08. The highest BCUT2D eigenvalue weighted by molar-refractivity contribution is 5.94. The van der Waals surface area contributed by atoms with Crippen molar-refractivity contribution in [3.8, 4) is 5.75 Å². The fraction of sp³-hybridized carbons (Fsp3) is 0.429. The molecule has 1 aromatic heterocycles. The average molecular weight is 383 g/mol. The lowest BCUT2D eigenvalue weighted by atomic mass is 10.0. The molecule has 1 aromatic carbocycles. The zero-order chi connectivity index (χ0) is 19.4. The number of hydrogen-bond donors (Lipinski definition) is 1. The molecule has 0 saturated carbocycles. The fourth-order valence-corrected chi connectivity index (χ4v) is 3.70. The van der Waals surface area contributed by atoms with E-state index < -0.39 is 5.79 Å². The maximum atomic E-state index is 12.4. The van der Waals surface area contributed by atoms with Gasteiger partial charge in [-0.3, -0.25) is 4.79 Å². The van der Waals surface area contributed by atoms with Gasteiger partial charge < -0.3 is 24.4 Å². The molecule has 1 N–H and O–H groups in total. The summed E-state index contributed by atoms with van der Waals surface area (Å²) in [5.41, 5.74) is 1.47. The van der Waals surface area contributed by atoms with Crippen LogP contribution in [0.15, 0.2) is 42.6 Å². The molecule has 2 saturated heterocycles. The molecule has 7 nitrogen and oxygen atoms in total. The summed E-state index contributed by atoms with van der Waals surface area (Å²) < 4.78 is 16.8. The van der Waals surface area contributed by atoms with Crippen LogP contribution in [0, 0.1) is 0 Å². The van der Waals surface area contributed by atoms with E-state index in [0.29, 0.717) is 25.3 Å². The number of benzene rings is 1. The Morgan fingerprint density at radius 2 is 1.93 bits per heavy atom. The van der Waals surface area contributed by atoms with Crippen LogP contribution < -0.4 is 15.0 Å². The lowest BCUT2D eigenvalue weighted by Gasteiger charge is -2.38. The molecular weight excluding hydrogens is 358 g/mol. The first-order chi connectivity index (χ1) is 13.7. The molecule has 7 heteroatoms. The summed E-state index contributed by atoms with van der Waals surface area (Å²) in [7, 11) is 1.62. The Balaban J connectivity index is 1.33. The number of anilines is 1. The van der Waals surface area contributed by atoms with Crippen molar-refractivity contribution in [3.05, 3.63) is 53.7 Å². The van der Waals surface area contributed by atoms with Crippen molar-refractivity contribution < 1.29 is 19.0 Å². The molecule has 2 aliphatic rings. The number of carbonyl (C=O) groups excluding carboxylic acids is 1.